The molecule has 0 unspecified atom stereocenters. The number of hydrogen-bond acceptors (Lipinski definition) is 4. The van der Waals surface area contributed by atoms with Crippen molar-refractivity contribution < 1.29 is 4.74 Å². The largest absolute Gasteiger partial charge is 0.481 e. The number of fused-ring (bicyclic) bond motifs is 1. The van der Waals surface area contributed by atoms with Crippen molar-refractivity contribution in [1.82, 2.24) is 15.3 Å². The summed E-state index contributed by atoms with van der Waals surface area (Å²) in [5.74, 6) is 0.701. The Morgan fingerprint density at radius 1 is 1.50 bits per heavy atom. The minimum absolute atomic E-state index is 0.701. The zero-order valence-electron chi connectivity index (χ0n) is 7.00. The summed E-state index contributed by atoms with van der Waals surface area (Å²) in [6, 6.07) is 0. The molecule has 2 rings (SSSR count). The molecule has 0 amide bonds. The van der Waals surface area contributed by atoms with Crippen LogP contribution in [0.1, 0.15) is 11.3 Å². The van der Waals surface area contributed by atoms with Crippen LogP contribution in [0.15, 0.2) is 6.33 Å². The summed E-state index contributed by atoms with van der Waals surface area (Å²) in [4.78, 5) is 8.23. The van der Waals surface area contributed by atoms with E-state index in [4.69, 9.17) is 4.74 Å². The van der Waals surface area contributed by atoms with E-state index < -0.39 is 0 Å². The third-order valence-electron chi connectivity index (χ3n) is 2.03. The molecule has 0 aliphatic carbocycles. The lowest BCUT2D eigenvalue weighted by Gasteiger charge is -2.16. The van der Waals surface area contributed by atoms with Crippen molar-refractivity contribution in [3.05, 3.63) is 17.6 Å². The second-order valence-corrected chi connectivity index (χ2v) is 2.73. The topological polar surface area (TPSA) is 47.0 Å². The molecule has 1 aliphatic heterocycles. The van der Waals surface area contributed by atoms with Gasteiger partial charge in [0.1, 0.15) is 6.33 Å². The Morgan fingerprint density at radius 2 is 2.42 bits per heavy atom. The molecule has 1 aromatic heterocycles. The van der Waals surface area contributed by atoms with Gasteiger partial charge in [-0.1, -0.05) is 0 Å². The van der Waals surface area contributed by atoms with Gasteiger partial charge in [0.2, 0.25) is 5.88 Å². The zero-order valence-corrected chi connectivity index (χ0v) is 7.00. The molecule has 0 saturated heterocycles. The Balaban J connectivity index is 2.44. The molecule has 2 heterocycles. The molecule has 1 aliphatic rings. The van der Waals surface area contributed by atoms with Gasteiger partial charge in [0.05, 0.1) is 12.8 Å². The lowest BCUT2D eigenvalue weighted by molar-refractivity contribution is 0.385. The first kappa shape index (κ1) is 7.49. The number of rotatable bonds is 1. The molecule has 4 heteroatoms. The van der Waals surface area contributed by atoms with Gasteiger partial charge in [0.15, 0.2) is 0 Å². The highest BCUT2D eigenvalue weighted by atomic mass is 16.5. The highest BCUT2D eigenvalue weighted by Crippen LogP contribution is 2.19. The Bertz CT molecular complexity index is 273. The fourth-order valence-corrected chi connectivity index (χ4v) is 1.42. The third kappa shape index (κ3) is 1.14. The first-order chi connectivity index (χ1) is 5.92. The van der Waals surface area contributed by atoms with E-state index in [1.165, 1.54) is 0 Å². The molecule has 0 atom stereocenters. The zero-order chi connectivity index (χ0) is 8.39. The van der Waals surface area contributed by atoms with Crippen LogP contribution in [0.4, 0.5) is 0 Å². The number of nitrogens with zero attached hydrogens (tertiary/aromatic N) is 2. The third-order valence-corrected chi connectivity index (χ3v) is 2.03. The number of nitrogens with one attached hydrogen (secondary N) is 1. The maximum absolute atomic E-state index is 5.12. The van der Waals surface area contributed by atoms with E-state index in [0.29, 0.717) is 5.88 Å². The Labute approximate surface area is 71.0 Å². The molecule has 1 aromatic rings. The van der Waals surface area contributed by atoms with Crippen molar-refractivity contribution in [3.8, 4) is 5.88 Å². The second-order valence-electron chi connectivity index (χ2n) is 2.73. The molecule has 64 valence electrons. The quantitative estimate of drug-likeness (QED) is 0.642. The van der Waals surface area contributed by atoms with Crippen molar-refractivity contribution >= 4 is 0 Å². The predicted molar refractivity (Wildman–Crippen MR) is 44.0 cm³/mol. The van der Waals surface area contributed by atoms with Gasteiger partial charge in [0.25, 0.3) is 0 Å². The van der Waals surface area contributed by atoms with E-state index in [2.05, 4.69) is 15.3 Å². The van der Waals surface area contributed by atoms with Gasteiger partial charge in [-0.25, -0.2) is 9.97 Å². The lowest BCUT2D eigenvalue weighted by Crippen LogP contribution is -2.25. The fourth-order valence-electron chi connectivity index (χ4n) is 1.42. The van der Waals surface area contributed by atoms with Crippen molar-refractivity contribution in [3.63, 3.8) is 0 Å². The van der Waals surface area contributed by atoms with Gasteiger partial charge in [0, 0.05) is 25.1 Å². The molecule has 0 radical (unpaired) electrons. The first-order valence-corrected chi connectivity index (χ1v) is 3.99. The number of aromatic nitrogens is 2. The molecule has 0 fully saturated rings. The summed E-state index contributed by atoms with van der Waals surface area (Å²) in [6.07, 6.45) is 2.52. The molecule has 0 bridgehead atoms. The van der Waals surface area contributed by atoms with Crippen molar-refractivity contribution in [2.24, 2.45) is 0 Å². The smallest absolute Gasteiger partial charge is 0.220 e. The lowest BCUT2D eigenvalue weighted by atomic mass is 10.1. The fraction of sp³-hybridized carbons (Fsp3) is 0.500. The summed E-state index contributed by atoms with van der Waals surface area (Å²) in [5, 5.41) is 3.26. The molecule has 1 N–H and O–H groups in total. The Morgan fingerprint density at radius 3 is 3.25 bits per heavy atom. The van der Waals surface area contributed by atoms with Crippen molar-refractivity contribution in [1.29, 1.82) is 0 Å². The summed E-state index contributed by atoms with van der Waals surface area (Å²) in [6.45, 7) is 1.81. The van der Waals surface area contributed by atoms with E-state index in [-0.39, 0.29) is 0 Å². The van der Waals surface area contributed by atoms with Crippen LogP contribution in [0.5, 0.6) is 5.88 Å². The van der Waals surface area contributed by atoms with Crippen LogP contribution < -0.4 is 10.1 Å². The van der Waals surface area contributed by atoms with Crippen LogP contribution in [0.25, 0.3) is 0 Å². The molecule has 0 saturated carbocycles. The summed E-state index contributed by atoms with van der Waals surface area (Å²) in [5.41, 5.74) is 2.21. The van der Waals surface area contributed by atoms with Gasteiger partial charge >= 0.3 is 0 Å². The monoisotopic (exact) mass is 165 g/mol. The standard InChI is InChI=1S/C8H11N3O/c1-12-8-6-4-9-3-2-7(6)10-5-11-8/h5,9H,2-4H2,1H3. The van der Waals surface area contributed by atoms with Gasteiger partial charge in [-0.05, 0) is 0 Å². The van der Waals surface area contributed by atoms with Gasteiger partial charge < -0.3 is 10.1 Å². The molecular weight excluding hydrogens is 154 g/mol. The predicted octanol–water partition coefficient (Wildman–Crippen LogP) is 0.131. The average Bonchev–Trinajstić information content (AvgIpc) is 2.17. The number of methoxy groups -OCH3 is 1. The van der Waals surface area contributed by atoms with Crippen molar-refractivity contribution in [2.45, 2.75) is 13.0 Å². The van der Waals surface area contributed by atoms with Gasteiger partial charge in [-0.3, -0.25) is 0 Å². The summed E-state index contributed by atoms with van der Waals surface area (Å²) < 4.78 is 5.12. The molecule has 12 heavy (non-hydrogen) atoms. The maximum Gasteiger partial charge on any atom is 0.220 e. The first-order valence-electron chi connectivity index (χ1n) is 3.99. The number of ether oxygens (including phenoxy) is 1. The van der Waals surface area contributed by atoms with Crippen LogP contribution in [0, 0.1) is 0 Å². The normalized spacial score (nSPS) is 15.4. The molecule has 0 aromatic carbocycles. The average molecular weight is 165 g/mol. The van der Waals surface area contributed by atoms with Crippen LogP contribution in [0.3, 0.4) is 0 Å². The highest BCUT2D eigenvalue weighted by molar-refractivity contribution is 5.31. The minimum atomic E-state index is 0.701. The van der Waals surface area contributed by atoms with E-state index >= 15 is 0 Å². The van der Waals surface area contributed by atoms with Gasteiger partial charge in [-0.15, -0.1) is 0 Å². The van der Waals surface area contributed by atoms with Crippen LogP contribution in [0.2, 0.25) is 0 Å². The molecular formula is C8H11N3O. The summed E-state index contributed by atoms with van der Waals surface area (Å²) >= 11 is 0. The van der Waals surface area contributed by atoms with Crippen molar-refractivity contribution in [2.75, 3.05) is 13.7 Å². The van der Waals surface area contributed by atoms with E-state index in [1.807, 2.05) is 0 Å². The minimum Gasteiger partial charge on any atom is -0.481 e. The summed E-state index contributed by atoms with van der Waals surface area (Å²) in [7, 11) is 1.64. The van der Waals surface area contributed by atoms with Crippen LogP contribution in [-0.4, -0.2) is 23.6 Å². The Hall–Kier alpha value is -1.16. The highest BCUT2D eigenvalue weighted by Gasteiger charge is 2.14. The van der Waals surface area contributed by atoms with E-state index in [1.54, 1.807) is 13.4 Å². The SMILES string of the molecule is COc1ncnc2c1CNCC2. The van der Waals surface area contributed by atoms with Gasteiger partial charge in [-0.2, -0.15) is 0 Å². The maximum atomic E-state index is 5.12. The van der Waals surface area contributed by atoms with Crippen LogP contribution >= 0.6 is 0 Å². The van der Waals surface area contributed by atoms with E-state index in [0.717, 1.165) is 30.8 Å². The van der Waals surface area contributed by atoms with E-state index in [9.17, 15) is 0 Å². The number of hydrogen-bond donors (Lipinski definition) is 1. The second kappa shape index (κ2) is 3.06. The van der Waals surface area contributed by atoms with Crippen LogP contribution in [-0.2, 0) is 13.0 Å². The Kier molecular flexibility index (Phi) is 1.91. The molecule has 0 spiro atoms. The molecule has 4 nitrogen and oxygen atoms in total.